The lowest BCUT2D eigenvalue weighted by Crippen LogP contribution is -2.39. The summed E-state index contributed by atoms with van der Waals surface area (Å²) in [5, 5.41) is 10.4. The molecule has 3 heteroatoms. The fourth-order valence-electron chi connectivity index (χ4n) is 3.22. The van der Waals surface area contributed by atoms with Crippen LogP contribution in [0.5, 0.6) is 0 Å². The Morgan fingerprint density at radius 1 is 1.53 bits per heavy atom. The summed E-state index contributed by atoms with van der Waals surface area (Å²) in [6.07, 6.45) is 6.20. The molecule has 0 bridgehead atoms. The lowest BCUT2D eigenvalue weighted by molar-refractivity contribution is 0.00899. The Hall–Kier alpha value is -0.830. The summed E-state index contributed by atoms with van der Waals surface area (Å²) in [4.78, 5) is 4.47. The number of aliphatic hydroxyl groups is 1. The van der Waals surface area contributed by atoms with Crippen molar-refractivity contribution >= 4 is 0 Å². The van der Waals surface area contributed by atoms with E-state index in [1.807, 2.05) is 26.2 Å². The van der Waals surface area contributed by atoms with E-state index in [1.54, 1.807) is 0 Å². The first-order chi connectivity index (χ1) is 7.89. The van der Waals surface area contributed by atoms with Gasteiger partial charge in [-0.1, -0.05) is 13.8 Å². The van der Waals surface area contributed by atoms with Crippen molar-refractivity contribution in [3.8, 4) is 0 Å². The quantitative estimate of drug-likeness (QED) is 0.876. The van der Waals surface area contributed by atoms with Gasteiger partial charge < -0.3 is 9.67 Å². The molecular formula is C14H24N2O. The Kier molecular flexibility index (Phi) is 3.30. The van der Waals surface area contributed by atoms with Gasteiger partial charge in [-0.2, -0.15) is 0 Å². The molecule has 1 aromatic heterocycles. The number of hydrogen-bond donors (Lipinski definition) is 1. The second kappa shape index (κ2) is 4.45. The fourth-order valence-corrected chi connectivity index (χ4v) is 3.22. The summed E-state index contributed by atoms with van der Waals surface area (Å²) in [5.41, 5.74) is -0.691. The van der Waals surface area contributed by atoms with E-state index in [0.29, 0.717) is 11.8 Å². The van der Waals surface area contributed by atoms with Crippen molar-refractivity contribution in [2.75, 3.05) is 0 Å². The van der Waals surface area contributed by atoms with Crippen molar-refractivity contribution in [1.82, 2.24) is 9.55 Å². The number of hydrogen-bond acceptors (Lipinski definition) is 2. The van der Waals surface area contributed by atoms with Gasteiger partial charge in [0.25, 0.3) is 0 Å². The van der Waals surface area contributed by atoms with E-state index in [0.717, 1.165) is 18.8 Å². The van der Waals surface area contributed by atoms with Crippen molar-refractivity contribution in [3.05, 3.63) is 18.2 Å². The predicted octanol–water partition coefficient (Wildman–Crippen LogP) is 2.80. The highest BCUT2D eigenvalue weighted by Crippen LogP contribution is 2.42. The van der Waals surface area contributed by atoms with Crippen LogP contribution in [0.2, 0.25) is 0 Å². The number of nitrogens with zero attached hydrogens (tertiary/aromatic N) is 2. The average molecular weight is 236 g/mol. The number of fused-ring (bicyclic) bond motifs is 1. The van der Waals surface area contributed by atoms with E-state index < -0.39 is 5.60 Å². The minimum atomic E-state index is -0.691. The molecule has 1 aliphatic rings. The molecule has 1 aromatic rings. The van der Waals surface area contributed by atoms with Gasteiger partial charge in [0, 0.05) is 24.9 Å². The van der Waals surface area contributed by atoms with Gasteiger partial charge in [-0.15, -0.1) is 0 Å². The standard InChI is InChI=1S/C14H24N2O/c1-10(2)9-11-5-7-16-8-6-15-13(16)12(11)14(3,4)17/h6,8,10-12,17H,5,7,9H2,1-4H3. The van der Waals surface area contributed by atoms with Gasteiger partial charge in [0.2, 0.25) is 0 Å². The smallest absolute Gasteiger partial charge is 0.114 e. The monoisotopic (exact) mass is 236 g/mol. The maximum atomic E-state index is 10.4. The van der Waals surface area contributed by atoms with Gasteiger partial charge in [0.05, 0.1) is 5.60 Å². The van der Waals surface area contributed by atoms with Crippen molar-refractivity contribution < 1.29 is 5.11 Å². The van der Waals surface area contributed by atoms with Crippen LogP contribution >= 0.6 is 0 Å². The van der Waals surface area contributed by atoms with E-state index >= 15 is 0 Å². The third-order valence-corrected chi connectivity index (χ3v) is 3.77. The Morgan fingerprint density at radius 3 is 2.82 bits per heavy atom. The van der Waals surface area contributed by atoms with Gasteiger partial charge >= 0.3 is 0 Å². The molecule has 2 rings (SSSR count). The van der Waals surface area contributed by atoms with Crippen LogP contribution in [0.3, 0.4) is 0 Å². The van der Waals surface area contributed by atoms with Crippen LogP contribution in [0.15, 0.2) is 12.4 Å². The van der Waals surface area contributed by atoms with E-state index in [1.165, 1.54) is 6.42 Å². The molecule has 96 valence electrons. The number of rotatable bonds is 3. The van der Waals surface area contributed by atoms with Crippen molar-refractivity contribution in [3.63, 3.8) is 0 Å². The number of imidazole rings is 1. The molecule has 1 N–H and O–H groups in total. The van der Waals surface area contributed by atoms with Crippen LogP contribution in [0.4, 0.5) is 0 Å². The van der Waals surface area contributed by atoms with Crippen LogP contribution < -0.4 is 0 Å². The third-order valence-electron chi connectivity index (χ3n) is 3.77. The van der Waals surface area contributed by atoms with Gasteiger partial charge in [0.15, 0.2) is 0 Å². The third kappa shape index (κ3) is 2.54. The van der Waals surface area contributed by atoms with Crippen LogP contribution in [0.1, 0.15) is 52.3 Å². The molecule has 2 atom stereocenters. The maximum Gasteiger partial charge on any atom is 0.114 e. The SMILES string of the molecule is CC(C)CC1CCn2ccnc2C1C(C)(C)O. The highest BCUT2D eigenvalue weighted by atomic mass is 16.3. The zero-order valence-electron chi connectivity index (χ0n) is 11.3. The van der Waals surface area contributed by atoms with Crippen LogP contribution in [0, 0.1) is 11.8 Å². The molecule has 2 unspecified atom stereocenters. The van der Waals surface area contributed by atoms with E-state index in [-0.39, 0.29) is 5.92 Å². The predicted molar refractivity (Wildman–Crippen MR) is 68.8 cm³/mol. The summed E-state index contributed by atoms with van der Waals surface area (Å²) < 4.78 is 2.19. The zero-order chi connectivity index (χ0) is 12.6. The first-order valence-corrected chi connectivity index (χ1v) is 6.63. The molecule has 0 radical (unpaired) electrons. The van der Waals surface area contributed by atoms with Crippen LogP contribution in [0.25, 0.3) is 0 Å². The first-order valence-electron chi connectivity index (χ1n) is 6.63. The topological polar surface area (TPSA) is 38.0 Å². The molecule has 0 aliphatic carbocycles. The molecule has 2 heterocycles. The first kappa shape index (κ1) is 12.6. The van der Waals surface area contributed by atoms with Crippen molar-refractivity contribution in [1.29, 1.82) is 0 Å². The highest BCUT2D eigenvalue weighted by Gasteiger charge is 2.40. The molecule has 0 saturated heterocycles. The molecule has 0 amide bonds. The second-order valence-electron chi connectivity index (χ2n) is 6.29. The molecular weight excluding hydrogens is 212 g/mol. The molecule has 0 spiro atoms. The summed E-state index contributed by atoms with van der Waals surface area (Å²) in [7, 11) is 0. The van der Waals surface area contributed by atoms with Gasteiger partial charge in [-0.05, 0) is 38.5 Å². The molecule has 0 saturated carbocycles. The van der Waals surface area contributed by atoms with E-state index in [4.69, 9.17) is 0 Å². The normalized spacial score (nSPS) is 25.1. The van der Waals surface area contributed by atoms with Crippen LogP contribution in [-0.2, 0) is 6.54 Å². The minimum Gasteiger partial charge on any atom is -0.390 e. The van der Waals surface area contributed by atoms with Gasteiger partial charge in [-0.3, -0.25) is 0 Å². The Labute approximate surface area is 104 Å². The van der Waals surface area contributed by atoms with Crippen LogP contribution in [-0.4, -0.2) is 20.3 Å². The second-order valence-corrected chi connectivity index (χ2v) is 6.29. The van der Waals surface area contributed by atoms with E-state index in [9.17, 15) is 5.11 Å². The Balaban J connectivity index is 2.31. The van der Waals surface area contributed by atoms with E-state index in [2.05, 4.69) is 23.4 Å². The lowest BCUT2D eigenvalue weighted by Gasteiger charge is -2.40. The fraction of sp³-hybridized carbons (Fsp3) is 0.786. The summed E-state index contributed by atoms with van der Waals surface area (Å²) in [6, 6.07) is 0. The van der Waals surface area contributed by atoms with Crippen molar-refractivity contribution in [2.45, 2.75) is 58.6 Å². The zero-order valence-corrected chi connectivity index (χ0v) is 11.3. The lowest BCUT2D eigenvalue weighted by atomic mass is 9.73. The van der Waals surface area contributed by atoms with Gasteiger partial charge in [-0.25, -0.2) is 4.98 Å². The van der Waals surface area contributed by atoms with Crippen molar-refractivity contribution in [2.24, 2.45) is 11.8 Å². The summed E-state index contributed by atoms with van der Waals surface area (Å²) in [5.74, 6) is 2.44. The summed E-state index contributed by atoms with van der Waals surface area (Å²) >= 11 is 0. The Bertz CT molecular complexity index is 376. The number of aryl methyl sites for hydroxylation is 1. The largest absolute Gasteiger partial charge is 0.390 e. The molecule has 1 aliphatic heterocycles. The molecule has 3 nitrogen and oxygen atoms in total. The molecule has 0 fully saturated rings. The minimum absolute atomic E-state index is 0.161. The van der Waals surface area contributed by atoms with Gasteiger partial charge in [0.1, 0.15) is 5.82 Å². The molecule has 17 heavy (non-hydrogen) atoms. The summed E-state index contributed by atoms with van der Waals surface area (Å²) in [6.45, 7) is 9.37. The molecule has 0 aromatic carbocycles. The number of aromatic nitrogens is 2. The highest BCUT2D eigenvalue weighted by molar-refractivity contribution is 5.11. The Morgan fingerprint density at radius 2 is 2.24 bits per heavy atom. The average Bonchev–Trinajstić information content (AvgIpc) is 2.61. The maximum absolute atomic E-state index is 10.4.